The number of carbonyl (C=O) groups is 1. The summed E-state index contributed by atoms with van der Waals surface area (Å²) in [5, 5.41) is 6.52. The van der Waals surface area contributed by atoms with E-state index in [1.54, 1.807) is 12.4 Å². The van der Waals surface area contributed by atoms with Crippen molar-refractivity contribution in [3.05, 3.63) is 18.0 Å². The number of aromatic nitrogens is 2. The Bertz CT molecular complexity index is 392. The van der Waals surface area contributed by atoms with Crippen molar-refractivity contribution in [3.63, 3.8) is 0 Å². The fourth-order valence-electron chi connectivity index (χ4n) is 2.42. The highest BCUT2D eigenvalue weighted by Crippen LogP contribution is 2.09. The minimum atomic E-state index is 0.0717. The van der Waals surface area contributed by atoms with Gasteiger partial charge in [0.2, 0.25) is 0 Å². The zero-order valence-corrected chi connectivity index (χ0v) is 11.5. The molecule has 1 amide bonds. The van der Waals surface area contributed by atoms with Gasteiger partial charge in [-0.25, -0.2) is 0 Å². The summed E-state index contributed by atoms with van der Waals surface area (Å²) in [6.07, 6.45) is 4.25. The van der Waals surface area contributed by atoms with E-state index in [0.29, 0.717) is 18.0 Å². The number of carbonyl (C=O) groups excluding carboxylic acids is 1. The predicted molar refractivity (Wildman–Crippen MR) is 73.8 cm³/mol. The van der Waals surface area contributed by atoms with Crippen molar-refractivity contribution in [1.29, 1.82) is 0 Å². The smallest absolute Gasteiger partial charge is 0.257 e. The fourth-order valence-corrected chi connectivity index (χ4v) is 2.42. The molecule has 106 valence electrons. The summed E-state index contributed by atoms with van der Waals surface area (Å²) in [6.45, 7) is 7.46. The third kappa shape index (κ3) is 3.78. The fraction of sp³-hybridized carbons (Fsp3) is 0.692. The van der Waals surface area contributed by atoms with Crippen LogP contribution in [0, 0.1) is 5.92 Å². The molecule has 0 radical (unpaired) electrons. The molecule has 1 aliphatic heterocycles. The van der Waals surface area contributed by atoms with E-state index in [4.69, 9.17) is 5.73 Å². The van der Waals surface area contributed by atoms with Crippen LogP contribution in [-0.4, -0.2) is 65.2 Å². The van der Waals surface area contributed by atoms with E-state index in [0.717, 1.165) is 39.1 Å². The summed E-state index contributed by atoms with van der Waals surface area (Å²) < 4.78 is 0. The van der Waals surface area contributed by atoms with E-state index < -0.39 is 0 Å². The first-order valence-corrected chi connectivity index (χ1v) is 6.91. The van der Waals surface area contributed by atoms with Crippen LogP contribution in [0.25, 0.3) is 0 Å². The second-order valence-corrected chi connectivity index (χ2v) is 5.27. The van der Waals surface area contributed by atoms with Crippen molar-refractivity contribution in [3.8, 4) is 0 Å². The molecule has 1 fully saturated rings. The first-order valence-electron chi connectivity index (χ1n) is 6.91. The molecule has 19 heavy (non-hydrogen) atoms. The van der Waals surface area contributed by atoms with Gasteiger partial charge in [0.25, 0.3) is 5.91 Å². The normalized spacial score (nSPS) is 19.2. The maximum atomic E-state index is 12.2. The molecule has 1 aromatic rings. The molecule has 3 N–H and O–H groups in total. The van der Waals surface area contributed by atoms with Gasteiger partial charge in [-0.05, 0) is 25.4 Å². The van der Waals surface area contributed by atoms with Crippen molar-refractivity contribution >= 4 is 5.91 Å². The van der Waals surface area contributed by atoms with Crippen molar-refractivity contribution in [2.45, 2.75) is 13.3 Å². The van der Waals surface area contributed by atoms with Crippen LogP contribution >= 0.6 is 0 Å². The van der Waals surface area contributed by atoms with Crippen LogP contribution in [0.1, 0.15) is 23.7 Å². The minimum absolute atomic E-state index is 0.0717. The van der Waals surface area contributed by atoms with Gasteiger partial charge in [-0.2, -0.15) is 5.10 Å². The van der Waals surface area contributed by atoms with Crippen LogP contribution in [0.3, 0.4) is 0 Å². The van der Waals surface area contributed by atoms with E-state index in [-0.39, 0.29) is 5.91 Å². The Morgan fingerprint density at radius 1 is 1.47 bits per heavy atom. The molecule has 1 atom stereocenters. The number of amides is 1. The zero-order chi connectivity index (χ0) is 13.7. The third-order valence-electron chi connectivity index (χ3n) is 3.59. The minimum Gasteiger partial charge on any atom is -0.337 e. The van der Waals surface area contributed by atoms with Gasteiger partial charge in [0, 0.05) is 32.4 Å². The Labute approximate surface area is 113 Å². The lowest BCUT2D eigenvalue weighted by Gasteiger charge is -2.23. The van der Waals surface area contributed by atoms with Gasteiger partial charge in [-0.1, -0.05) is 6.92 Å². The highest BCUT2D eigenvalue weighted by Gasteiger charge is 2.21. The summed E-state index contributed by atoms with van der Waals surface area (Å²) in [7, 11) is 0. The quantitative estimate of drug-likeness (QED) is 0.812. The molecule has 0 aliphatic carbocycles. The number of rotatable bonds is 4. The summed E-state index contributed by atoms with van der Waals surface area (Å²) >= 11 is 0. The van der Waals surface area contributed by atoms with Crippen molar-refractivity contribution in [2.75, 3.05) is 39.3 Å². The molecule has 0 spiro atoms. The standard InChI is InChI=1S/C13H23N5O/c1-11(7-14)10-17-3-2-4-18(6-5-17)13(19)12-8-15-16-9-12/h8-9,11H,2-7,10,14H2,1H3,(H,15,16). The van der Waals surface area contributed by atoms with E-state index >= 15 is 0 Å². The van der Waals surface area contributed by atoms with Gasteiger partial charge in [-0.15, -0.1) is 0 Å². The van der Waals surface area contributed by atoms with Crippen LogP contribution in [0.2, 0.25) is 0 Å². The molecule has 6 heteroatoms. The molecule has 0 bridgehead atoms. The number of nitrogens with two attached hydrogens (primary N) is 1. The average Bonchev–Trinajstić information content (AvgIpc) is 2.85. The summed E-state index contributed by atoms with van der Waals surface area (Å²) in [4.78, 5) is 16.5. The highest BCUT2D eigenvalue weighted by atomic mass is 16.2. The highest BCUT2D eigenvalue weighted by molar-refractivity contribution is 5.93. The monoisotopic (exact) mass is 265 g/mol. The molecule has 2 heterocycles. The number of aromatic amines is 1. The lowest BCUT2D eigenvalue weighted by molar-refractivity contribution is 0.0761. The molecule has 2 rings (SSSR count). The maximum Gasteiger partial charge on any atom is 0.257 e. The van der Waals surface area contributed by atoms with Gasteiger partial charge >= 0.3 is 0 Å². The molecule has 1 saturated heterocycles. The Kier molecular flexibility index (Phi) is 4.93. The third-order valence-corrected chi connectivity index (χ3v) is 3.59. The van der Waals surface area contributed by atoms with Crippen LogP contribution < -0.4 is 5.73 Å². The SMILES string of the molecule is CC(CN)CN1CCCN(C(=O)c2cn[nH]c2)CC1. The predicted octanol–water partition coefficient (Wildman–Crippen LogP) is 0.152. The van der Waals surface area contributed by atoms with Crippen LogP contribution in [-0.2, 0) is 0 Å². The molecule has 6 nitrogen and oxygen atoms in total. The van der Waals surface area contributed by atoms with Gasteiger partial charge in [0.05, 0.1) is 11.8 Å². The Balaban J connectivity index is 1.88. The Morgan fingerprint density at radius 2 is 2.32 bits per heavy atom. The number of H-pyrrole nitrogens is 1. The topological polar surface area (TPSA) is 78.2 Å². The average molecular weight is 265 g/mol. The van der Waals surface area contributed by atoms with Crippen molar-refractivity contribution < 1.29 is 4.79 Å². The molecular weight excluding hydrogens is 242 g/mol. The van der Waals surface area contributed by atoms with Crippen molar-refractivity contribution in [1.82, 2.24) is 20.0 Å². The summed E-state index contributed by atoms with van der Waals surface area (Å²) in [5.41, 5.74) is 6.31. The molecule has 0 aromatic carbocycles. The molecule has 1 aliphatic rings. The Hall–Kier alpha value is -1.40. The van der Waals surface area contributed by atoms with E-state index in [2.05, 4.69) is 22.0 Å². The largest absolute Gasteiger partial charge is 0.337 e. The summed E-state index contributed by atoms with van der Waals surface area (Å²) in [6, 6.07) is 0. The lowest BCUT2D eigenvalue weighted by Crippen LogP contribution is -2.37. The van der Waals surface area contributed by atoms with E-state index in [9.17, 15) is 4.79 Å². The van der Waals surface area contributed by atoms with Crippen LogP contribution in [0.4, 0.5) is 0 Å². The van der Waals surface area contributed by atoms with Crippen LogP contribution in [0.15, 0.2) is 12.4 Å². The maximum absolute atomic E-state index is 12.2. The van der Waals surface area contributed by atoms with Gasteiger partial charge in [-0.3, -0.25) is 9.89 Å². The second-order valence-electron chi connectivity index (χ2n) is 5.27. The number of nitrogens with one attached hydrogen (secondary N) is 1. The number of hydrogen-bond acceptors (Lipinski definition) is 4. The first kappa shape index (κ1) is 14.0. The molecular formula is C13H23N5O. The van der Waals surface area contributed by atoms with Gasteiger partial charge in [0.1, 0.15) is 0 Å². The van der Waals surface area contributed by atoms with Crippen molar-refractivity contribution in [2.24, 2.45) is 11.7 Å². The van der Waals surface area contributed by atoms with E-state index in [1.807, 2.05) is 4.90 Å². The number of nitrogens with zero attached hydrogens (tertiary/aromatic N) is 3. The van der Waals surface area contributed by atoms with E-state index in [1.165, 1.54) is 0 Å². The van der Waals surface area contributed by atoms with Gasteiger partial charge in [0.15, 0.2) is 0 Å². The first-order chi connectivity index (χ1) is 9.20. The number of hydrogen-bond donors (Lipinski definition) is 2. The molecule has 0 saturated carbocycles. The summed E-state index contributed by atoms with van der Waals surface area (Å²) in [5.74, 6) is 0.582. The lowest BCUT2D eigenvalue weighted by atomic mass is 10.1. The Morgan fingerprint density at radius 3 is 3.00 bits per heavy atom. The zero-order valence-electron chi connectivity index (χ0n) is 11.5. The van der Waals surface area contributed by atoms with Gasteiger partial charge < -0.3 is 15.5 Å². The van der Waals surface area contributed by atoms with Crippen LogP contribution in [0.5, 0.6) is 0 Å². The molecule has 1 unspecified atom stereocenters. The second kappa shape index (κ2) is 6.68. The molecule has 1 aromatic heterocycles.